The lowest BCUT2D eigenvalue weighted by molar-refractivity contribution is 0.252. The van der Waals surface area contributed by atoms with Crippen LogP contribution in [0.4, 0.5) is 8.78 Å². The first-order valence-electron chi connectivity index (χ1n) is 4.47. The van der Waals surface area contributed by atoms with Crippen LogP contribution in [-0.4, -0.2) is 11.8 Å². The maximum absolute atomic E-state index is 12.0. The van der Waals surface area contributed by atoms with Crippen molar-refractivity contribution in [2.24, 2.45) is 5.73 Å². The summed E-state index contributed by atoms with van der Waals surface area (Å²) in [5.41, 5.74) is 6.86. The molecule has 2 rings (SSSR count). The molecule has 0 aromatic heterocycles. The third-order valence-electron chi connectivity index (χ3n) is 2.37. The van der Waals surface area contributed by atoms with Crippen LogP contribution in [0.15, 0.2) is 29.2 Å². The van der Waals surface area contributed by atoms with E-state index in [1.54, 1.807) is 12.1 Å². The molecule has 0 aliphatic heterocycles. The Morgan fingerprint density at radius 1 is 1.29 bits per heavy atom. The summed E-state index contributed by atoms with van der Waals surface area (Å²) in [5.74, 6) is -1.90. The molecule has 1 saturated carbocycles. The molecule has 0 radical (unpaired) electrons. The number of halogens is 2. The summed E-state index contributed by atoms with van der Waals surface area (Å²) in [5, 5.41) is 0. The molecule has 0 spiro atoms. The summed E-state index contributed by atoms with van der Waals surface area (Å²) in [4.78, 5) is 0.609. The largest absolute Gasteiger partial charge is 0.327 e. The molecular formula is C10H11F2NS. The molecule has 0 unspecified atom stereocenters. The molecule has 0 amide bonds. The SMILES string of the molecule is N[C@@H]1C[C@H]1c1ccc(SC(F)F)cc1. The van der Waals surface area contributed by atoms with Gasteiger partial charge in [0.05, 0.1) is 0 Å². The van der Waals surface area contributed by atoms with Crippen LogP contribution in [0.1, 0.15) is 17.9 Å². The van der Waals surface area contributed by atoms with Crippen molar-refractivity contribution in [3.8, 4) is 0 Å². The number of thioether (sulfide) groups is 1. The Bertz CT molecular complexity index is 312. The van der Waals surface area contributed by atoms with Crippen molar-refractivity contribution < 1.29 is 8.78 Å². The predicted molar refractivity (Wildman–Crippen MR) is 53.6 cm³/mol. The summed E-state index contributed by atoms with van der Waals surface area (Å²) >= 11 is 0.575. The van der Waals surface area contributed by atoms with E-state index in [4.69, 9.17) is 5.73 Å². The van der Waals surface area contributed by atoms with Gasteiger partial charge in [-0.25, -0.2) is 0 Å². The van der Waals surface area contributed by atoms with Crippen molar-refractivity contribution in [3.05, 3.63) is 29.8 Å². The highest BCUT2D eigenvalue weighted by Crippen LogP contribution is 2.39. The Kier molecular flexibility index (Phi) is 2.74. The van der Waals surface area contributed by atoms with Crippen LogP contribution < -0.4 is 5.73 Å². The van der Waals surface area contributed by atoms with Crippen LogP contribution >= 0.6 is 11.8 Å². The Hall–Kier alpha value is -0.610. The van der Waals surface area contributed by atoms with Crippen LogP contribution in [0.25, 0.3) is 0 Å². The molecule has 1 aromatic rings. The second-order valence-electron chi connectivity index (χ2n) is 3.45. The molecule has 1 aliphatic carbocycles. The first-order valence-corrected chi connectivity index (χ1v) is 5.35. The number of rotatable bonds is 3. The molecule has 1 aliphatic rings. The Labute approximate surface area is 85.7 Å². The van der Waals surface area contributed by atoms with E-state index in [0.717, 1.165) is 12.0 Å². The predicted octanol–water partition coefficient (Wildman–Crippen LogP) is 2.82. The second kappa shape index (κ2) is 3.87. The number of alkyl halides is 2. The van der Waals surface area contributed by atoms with Crippen molar-refractivity contribution in [2.75, 3.05) is 0 Å². The van der Waals surface area contributed by atoms with Gasteiger partial charge in [0.2, 0.25) is 0 Å². The summed E-state index contributed by atoms with van der Waals surface area (Å²) in [6.45, 7) is 0. The summed E-state index contributed by atoms with van der Waals surface area (Å²) < 4.78 is 24.0. The third-order valence-corrected chi connectivity index (χ3v) is 3.10. The number of hydrogen-bond donors (Lipinski definition) is 1. The molecule has 2 N–H and O–H groups in total. The molecule has 76 valence electrons. The highest BCUT2D eigenvalue weighted by Gasteiger charge is 2.34. The van der Waals surface area contributed by atoms with Crippen LogP contribution in [0, 0.1) is 0 Å². The molecular weight excluding hydrogens is 204 g/mol. The Morgan fingerprint density at radius 2 is 1.86 bits per heavy atom. The van der Waals surface area contributed by atoms with Gasteiger partial charge in [0, 0.05) is 16.9 Å². The van der Waals surface area contributed by atoms with E-state index in [0.29, 0.717) is 22.6 Å². The van der Waals surface area contributed by atoms with Gasteiger partial charge in [0.1, 0.15) is 0 Å². The van der Waals surface area contributed by atoms with Gasteiger partial charge in [-0.2, -0.15) is 8.78 Å². The standard InChI is InChI=1S/C10H11F2NS/c11-10(12)14-7-3-1-6(2-4-7)8-5-9(8)13/h1-4,8-10H,5,13H2/t8-,9+/m0/s1. The minimum Gasteiger partial charge on any atom is -0.327 e. The van der Waals surface area contributed by atoms with Gasteiger partial charge < -0.3 is 5.73 Å². The molecule has 1 aromatic carbocycles. The fourth-order valence-corrected chi connectivity index (χ4v) is 1.99. The second-order valence-corrected chi connectivity index (χ2v) is 4.52. The normalized spacial score (nSPS) is 25.4. The molecule has 14 heavy (non-hydrogen) atoms. The molecule has 0 saturated heterocycles. The monoisotopic (exact) mass is 215 g/mol. The maximum atomic E-state index is 12.0. The third kappa shape index (κ3) is 2.25. The summed E-state index contributed by atoms with van der Waals surface area (Å²) in [7, 11) is 0. The lowest BCUT2D eigenvalue weighted by Gasteiger charge is -2.02. The number of hydrogen-bond acceptors (Lipinski definition) is 2. The first kappa shape index (κ1) is 9.93. The average Bonchev–Trinajstić information content (AvgIpc) is 2.83. The van der Waals surface area contributed by atoms with Gasteiger partial charge in [0.25, 0.3) is 5.76 Å². The maximum Gasteiger partial charge on any atom is 0.288 e. The zero-order chi connectivity index (χ0) is 10.1. The van der Waals surface area contributed by atoms with Gasteiger partial charge in [-0.3, -0.25) is 0 Å². The number of benzene rings is 1. The van der Waals surface area contributed by atoms with Crippen molar-refractivity contribution >= 4 is 11.8 Å². The minimum atomic E-state index is -2.34. The van der Waals surface area contributed by atoms with Crippen molar-refractivity contribution in [1.29, 1.82) is 0 Å². The van der Waals surface area contributed by atoms with Crippen LogP contribution in [0.2, 0.25) is 0 Å². The smallest absolute Gasteiger partial charge is 0.288 e. The lowest BCUT2D eigenvalue weighted by Crippen LogP contribution is -2.00. The van der Waals surface area contributed by atoms with E-state index in [-0.39, 0.29) is 6.04 Å². The number of nitrogens with two attached hydrogens (primary N) is 1. The summed E-state index contributed by atoms with van der Waals surface area (Å²) in [6.07, 6.45) is 1.02. The molecule has 1 nitrogen and oxygen atoms in total. The molecule has 4 heteroatoms. The van der Waals surface area contributed by atoms with E-state index >= 15 is 0 Å². The van der Waals surface area contributed by atoms with E-state index < -0.39 is 5.76 Å². The highest BCUT2D eigenvalue weighted by atomic mass is 32.2. The lowest BCUT2D eigenvalue weighted by atomic mass is 10.1. The summed E-state index contributed by atoms with van der Waals surface area (Å²) in [6, 6.07) is 7.52. The highest BCUT2D eigenvalue weighted by molar-refractivity contribution is 7.99. The minimum absolute atomic E-state index is 0.267. The van der Waals surface area contributed by atoms with Crippen LogP contribution in [0.5, 0.6) is 0 Å². The fraction of sp³-hybridized carbons (Fsp3) is 0.400. The van der Waals surface area contributed by atoms with Crippen molar-refractivity contribution in [3.63, 3.8) is 0 Å². The topological polar surface area (TPSA) is 26.0 Å². The van der Waals surface area contributed by atoms with Crippen molar-refractivity contribution in [2.45, 2.75) is 29.0 Å². The van der Waals surface area contributed by atoms with Gasteiger partial charge in [-0.15, -0.1) is 0 Å². The van der Waals surface area contributed by atoms with E-state index in [2.05, 4.69) is 0 Å². The molecule has 0 bridgehead atoms. The van der Waals surface area contributed by atoms with Gasteiger partial charge in [-0.05, 0) is 24.1 Å². The Balaban J connectivity index is 2.03. The molecule has 2 atom stereocenters. The molecule has 1 fully saturated rings. The average molecular weight is 215 g/mol. The quantitative estimate of drug-likeness (QED) is 0.785. The van der Waals surface area contributed by atoms with Gasteiger partial charge in [-0.1, -0.05) is 23.9 Å². The van der Waals surface area contributed by atoms with Gasteiger partial charge >= 0.3 is 0 Å². The fourth-order valence-electron chi connectivity index (χ4n) is 1.49. The van der Waals surface area contributed by atoms with Gasteiger partial charge in [0.15, 0.2) is 0 Å². The van der Waals surface area contributed by atoms with E-state index in [1.807, 2.05) is 12.1 Å². The zero-order valence-electron chi connectivity index (χ0n) is 7.49. The van der Waals surface area contributed by atoms with Crippen LogP contribution in [0.3, 0.4) is 0 Å². The molecule has 0 heterocycles. The van der Waals surface area contributed by atoms with Crippen molar-refractivity contribution in [1.82, 2.24) is 0 Å². The zero-order valence-corrected chi connectivity index (χ0v) is 8.31. The first-order chi connectivity index (χ1) is 6.66. The van der Waals surface area contributed by atoms with Crippen LogP contribution in [-0.2, 0) is 0 Å². The van der Waals surface area contributed by atoms with E-state index in [1.165, 1.54) is 0 Å². The Morgan fingerprint density at radius 3 is 2.29 bits per heavy atom. The van der Waals surface area contributed by atoms with E-state index in [9.17, 15) is 8.78 Å².